The van der Waals surface area contributed by atoms with Gasteiger partial charge in [-0.1, -0.05) is 30.3 Å². The minimum Gasteiger partial charge on any atom is -0.463 e. The Hall–Kier alpha value is -3.42. The molecule has 0 aliphatic carbocycles. The zero-order chi connectivity index (χ0) is 18.4. The van der Waals surface area contributed by atoms with E-state index >= 15 is 0 Å². The van der Waals surface area contributed by atoms with Crippen molar-refractivity contribution in [3.63, 3.8) is 0 Å². The van der Waals surface area contributed by atoms with Crippen molar-refractivity contribution in [3.8, 4) is 0 Å². The van der Waals surface area contributed by atoms with Crippen LogP contribution in [0.3, 0.4) is 0 Å². The van der Waals surface area contributed by atoms with Gasteiger partial charge in [-0.15, -0.1) is 0 Å². The van der Waals surface area contributed by atoms with Gasteiger partial charge in [0.15, 0.2) is 0 Å². The summed E-state index contributed by atoms with van der Waals surface area (Å²) >= 11 is 0. The maximum absolute atomic E-state index is 12.1. The minimum atomic E-state index is -0.797. The number of hydrazine groups is 1. The zero-order valence-electron chi connectivity index (χ0n) is 14.2. The molecule has 0 fully saturated rings. The van der Waals surface area contributed by atoms with E-state index in [0.717, 1.165) is 5.56 Å². The minimum absolute atomic E-state index is 0.0965. The number of amidine groups is 1. The molecular formula is C18H19N5O3. The van der Waals surface area contributed by atoms with Gasteiger partial charge in [-0.2, -0.15) is 5.10 Å². The number of hydrogen-bond acceptors (Lipinski definition) is 6. The van der Waals surface area contributed by atoms with Crippen LogP contribution < -0.4 is 16.3 Å². The Labute approximate surface area is 150 Å². The molecule has 2 heterocycles. The van der Waals surface area contributed by atoms with Gasteiger partial charge in [0.05, 0.1) is 12.7 Å². The van der Waals surface area contributed by atoms with E-state index in [1.807, 2.05) is 30.3 Å². The molecule has 0 unspecified atom stereocenters. The maximum atomic E-state index is 12.1. The second-order valence-corrected chi connectivity index (χ2v) is 5.78. The molecule has 8 heteroatoms. The van der Waals surface area contributed by atoms with Crippen molar-refractivity contribution in [2.75, 3.05) is 0 Å². The average Bonchev–Trinajstić information content (AvgIpc) is 3.18. The van der Waals surface area contributed by atoms with Gasteiger partial charge in [0, 0.05) is 6.42 Å². The zero-order valence-corrected chi connectivity index (χ0v) is 14.2. The molecule has 8 nitrogen and oxygen atoms in total. The fraction of sp³-hybridized carbons (Fsp3) is 0.222. The first kappa shape index (κ1) is 17.4. The van der Waals surface area contributed by atoms with Crippen molar-refractivity contribution < 1.29 is 14.0 Å². The summed E-state index contributed by atoms with van der Waals surface area (Å²) in [5.74, 6) is 0.404. The number of hydrazone groups is 1. The van der Waals surface area contributed by atoms with Crippen LogP contribution in [0, 0.1) is 0 Å². The number of carbonyl (C=O) groups excluding carboxylic acids is 2. The molecule has 0 bridgehead atoms. The predicted octanol–water partition coefficient (Wildman–Crippen LogP) is 1.15. The van der Waals surface area contributed by atoms with E-state index in [0.29, 0.717) is 23.7 Å². The predicted molar refractivity (Wildman–Crippen MR) is 96.3 cm³/mol. The topological polar surface area (TPSA) is 108 Å². The average molecular weight is 353 g/mol. The van der Waals surface area contributed by atoms with Gasteiger partial charge in [0.2, 0.25) is 5.91 Å². The third-order valence-corrected chi connectivity index (χ3v) is 3.76. The molecule has 0 saturated heterocycles. The Morgan fingerprint density at radius 3 is 2.77 bits per heavy atom. The van der Waals surface area contributed by atoms with Gasteiger partial charge >= 0.3 is 0 Å². The van der Waals surface area contributed by atoms with E-state index in [-0.39, 0.29) is 12.3 Å². The lowest BCUT2D eigenvalue weighted by Crippen LogP contribution is -2.52. The number of hydrogen-bond donors (Lipinski definition) is 3. The lowest BCUT2D eigenvalue weighted by molar-refractivity contribution is -0.128. The Morgan fingerprint density at radius 1 is 1.23 bits per heavy atom. The standard InChI is InChI=1S/C18H19N5O3/c1-12(15-8-5-9-26-15)20-22-17(24)11-14-18(25)23-21-16(19-14)10-13-6-3-2-4-7-13/h2-9,14H,10-11H2,1H3,(H,19,21)(H,22,24)(H,23,25)/b20-12+/t14-/m0/s1. The van der Waals surface area contributed by atoms with E-state index in [1.54, 1.807) is 19.1 Å². The number of nitrogens with zero attached hydrogens (tertiary/aromatic N) is 2. The molecule has 2 aromatic rings. The van der Waals surface area contributed by atoms with Gasteiger partial charge in [-0.3, -0.25) is 25.4 Å². The summed E-state index contributed by atoms with van der Waals surface area (Å²) in [6, 6.07) is 12.4. The molecular weight excluding hydrogens is 334 g/mol. The van der Waals surface area contributed by atoms with E-state index < -0.39 is 11.9 Å². The van der Waals surface area contributed by atoms with E-state index in [2.05, 4.69) is 26.4 Å². The first-order valence-corrected chi connectivity index (χ1v) is 8.15. The normalized spacial score (nSPS) is 17.1. The Kier molecular flexibility index (Phi) is 5.43. The summed E-state index contributed by atoms with van der Waals surface area (Å²) in [5, 5.41) is 3.97. The molecule has 1 aliphatic heterocycles. The third kappa shape index (κ3) is 4.56. The Balaban J connectivity index is 1.60. The van der Waals surface area contributed by atoms with Crippen LogP contribution in [-0.2, 0) is 16.0 Å². The van der Waals surface area contributed by atoms with Crippen LogP contribution in [0.25, 0.3) is 0 Å². The van der Waals surface area contributed by atoms with Crippen molar-refractivity contribution in [1.29, 1.82) is 0 Å². The Morgan fingerprint density at radius 2 is 2.04 bits per heavy atom. The molecule has 0 spiro atoms. The van der Waals surface area contributed by atoms with Gasteiger partial charge in [0.25, 0.3) is 5.91 Å². The van der Waals surface area contributed by atoms with Crippen molar-refractivity contribution in [2.24, 2.45) is 10.1 Å². The van der Waals surface area contributed by atoms with Gasteiger partial charge < -0.3 is 4.42 Å². The van der Waals surface area contributed by atoms with Gasteiger partial charge in [-0.25, -0.2) is 5.43 Å². The van der Waals surface area contributed by atoms with E-state index in [9.17, 15) is 9.59 Å². The smallest absolute Gasteiger partial charge is 0.263 e. The summed E-state index contributed by atoms with van der Waals surface area (Å²) in [7, 11) is 0. The van der Waals surface area contributed by atoms with Crippen molar-refractivity contribution in [2.45, 2.75) is 25.8 Å². The Bertz CT molecular complexity index is 828. The maximum Gasteiger partial charge on any atom is 0.263 e. The van der Waals surface area contributed by atoms with Crippen LogP contribution in [0.15, 0.2) is 63.2 Å². The fourth-order valence-electron chi connectivity index (χ4n) is 2.42. The van der Waals surface area contributed by atoms with Gasteiger partial charge in [-0.05, 0) is 24.6 Å². The molecule has 3 rings (SSSR count). The number of nitrogens with one attached hydrogen (secondary N) is 3. The number of carbonyl (C=O) groups is 2. The number of rotatable bonds is 6. The molecule has 1 aliphatic rings. The van der Waals surface area contributed by atoms with Crippen LogP contribution in [-0.4, -0.2) is 29.4 Å². The highest BCUT2D eigenvalue weighted by molar-refractivity contribution is 5.98. The monoisotopic (exact) mass is 353 g/mol. The highest BCUT2D eigenvalue weighted by Gasteiger charge is 2.25. The number of amides is 2. The second-order valence-electron chi connectivity index (χ2n) is 5.78. The number of furan rings is 1. The molecule has 1 aromatic heterocycles. The van der Waals surface area contributed by atoms with Crippen LogP contribution >= 0.6 is 0 Å². The summed E-state index contributed by atoms with van der Waals surface area (Å²) in [6.07, 6.45) is 1.97. The molecule has 0 radical (unpaired) electrons. The molecule has 0 saturated carbocycles. The molecule has 26 heavy (non-hydrogen) atoms. The largest absolute Gasteiger partial charge is 0.463 e. The molecule has 1 atom stereocenters. The summed E-state index contributed by atoms with van der Waals surface area (Å²) in [6.45, 7) is 1.71. The quantitative estimate of drug-likeness (QED) is 0.535. The lowest BCUT2D eigenvalue weighted by atomic mass is 10.1. The highest BCUT2D eigenvalue weighted by Crippen LogP contribution is 2.07. The van der Waals surface area contributed by atoms with Crippen molar-refractivity contribution in [1.82, 2.24) is 16.3 Å². The van der Waals surface area contributed by atoms with Crippen LogP contribution in [0.2, 0.25) is 0 Å². The summed E-state index contributed by atoms with van der Waals surface area (Å²) in [5.41, 5.74) is 9.32. The van der Waals surface area contributed by atoms with Crippen LogP contribution in [0.5, 0.6) is 0 Å². The molecule has 134 valence electrons. The molecule has 1 aromatic carbocycles. The number of benzene rings is 1. The molecule has 3 N–H and O–H groups in total. The summed E-state index contributed by atoms with van der Waals surface area (Å²) in [4.78, 5) is 28.4. The van der Waals surface area contributed by atoms with Crippen molar-refractivity contribution >= 4 is 23.4 Å². The van der Waals surface area contributed by atoms with Gasteiger partial charge in [0.1, 0.15) is 23.3 Å². The summed E-state index contributed by atoms with van der Waals surface area (Å²) < 4.78 is 5.19. The van der Waals surface area contributed by atoms with Crippen molar-refractivity contribution in [3.05, 3.63) is 60.1 Å². The second kappa shape index (κ2) is 8.11. The highest BCUT2D eigenvalue weighted by atomic mass is 16.3. The fourth-order valence-corrected chi connectivity index (χ4v) is 2.42. The van der Waals surface area contributed by atoms with E-state index in [4.69, 9.17) is 4.42 Å². The lowest BCUT2D eigenvalue weighted by Gasteiger charge is -2.21. The number of aliphatic imine (C=N–C) groups is 1. The van der Waals surface area contributed by atoms with E-state index in [1.165, 1.54) is 6.26 Å². The first-order valence-electron chi connectivity index (χ1n) is 8.15. The SMILES string of the molecule is C/C(=N\NC(=O)C[C@@H]1N=C(Cc2ccccc2)NNC1=O)c1ccco1. The van der Waals surface area contributed by atoms with Crippen LogP contribution in [0.4, 0.5) is 0 Å². The van der Waals surface area contributed by atoms with Crippen LogP contribution in [0.1, 0.15) is 24.7 Å². The third-order valence-electron chi connectivity index (χ3n) is 3.76. The first-order chi connectivity index (χ1) is 12.6. The molecule has 2 amide bonds.